The van der Waals surface area contributed by atoms with Crippen LogP contribution in [0.1, 0.15) is 25.7 Å². The Morgan fingerprint density at radius 1 is 1.27 bits per heavy atom. The first kappa shape index (κ1) is 18.9. The average Bonchev–Trinajstić information content (AvgIpc) is 3.05. The summed E-state index contributed by atoms with van der Waals surface area (Å²) >= 11 is 0. The van der Waals surface area contributed by atoms with Crippen LogP contribution in [0.3, 0.4) is 0 Å². The molecule has 1 unspecified atom stereocenters. The van der Waals surface area contributed by atoms with E-state index in [1.54, 1.807) is 12.1 Å². The summed E-state index contributed by atoms with van der Waals surface area (Å²) < 4.78 is 18.7. The molecule has 3 rings (SSSR count). The summed E-state index contributed by atoms with van der Waals surface area (Å²) in [6.45, 7) is 6.26. The van der Waals surface area contributed by atoms with Crippen LogP contribution >= 0.6 is 0 Å². The highest BCUT2D eigenvalue weighted by atomic mass is 19.1. The number of aliphatic hydroxyl groups is 1. The lowest BCUT2D eigenvalue weighted by molar-refractivity contribution is 0.0911. The van der Waals surface area contributed by atoms with Gasteiger partial charge in [0.15, 0.2) is 0 Å². The second-order valence-corrected chi connectivity index (χ2v) is 7.30. The van der Waals surface area contributed by atoms with Gasteiger partial charge in [0.2, 0.25) is 11.8 Å². The van der Waals surface area contributed by atoms with Crippen LogP contribution < -0.4 is 0 Å². The van der Waals surface area contributed by atoms with Crippen LogP contribution in [0.2, 0.25) is 0 Å². The molecule has 1 N–H and O–H groups in total. The van der Waals surface area contributed by atoms with Gasteiger partial charge in [0, 0.05) is 18.7 Å². The molecule has 6 nitrogen and oxygen atoms in total. The molecule has 2 heterocycles. The average molecular weight is 362 g/mol. The molecule has 0 amide bonds. The van der Waals surface area contributed by atoms with Crippen molar-refractivity contribution in [3.63, 3.8) is 0 Å². The molecule has 0 bridgehead atoms. The van der Waals surface area contributed by atoms with Crippen molar-refractivity contribution in [3.05, 3.63) is 36.0 Å². The number of hydrogen-bond acceptors (Lipinski definition) is 6. The number of benzene rings is 1. The number of likely N-dealkylation sites (tertiary alicyclic amines) is 1. The van der Waals surface area contributed by atoms with Crippen LogP contribution in [0.5, 0.6) is 0 Å². The zero-order chi connectivity index (χ0) is 18.5. The van der Waals surface area contributed by atoms with Crippen molar-refractivity contribution in [1.29, 1.82) is 0 Å². The molecule has 1 fully saturated rings. The molecule has 1 aromatic heterocycles. The first-order valence-corrected chi connectivity index (χ1v) is 9.17. The number of aliphatic hydroxyl groups excluding tert-OH is 1. The van der Waals surface area contributed by atoms with Crippen LogP contribution in [0.15, 0.2) is 28.7 Å². The number of hydrogen-bond donors (Lipinski definition) is 1. The minimum atomic E-state index is -0.285. The summed E-state index contributed by atoms with van der Waals surface area (Å²) in [6, 6.07) is 6.04. The van der Waals surface area contributed by atoms with Crippen molar-refractivity contribution in [2.75, 3.05) is 33.2 Å². The number of aromatic nitrogens is 2. The van der Waals surface area contributed by atoms with Crippen molar-refractivity contribution in [1.82, 2.24) is 20.0 Å². The van der Waals surface area contributed by atoms with Crippen LogP contribution in [-0.2, 0) is 6.54 Å². The maximum absolute atomic E-state index is 13.0. The zero-order valence-electron chi connectivity index (χ0n) is 15.4. The standard InChI is InChI=1S/C19H27FN4O2/c1-14(25)11-24-9-7-15(8-10-24)12-23(2)13-18-21-22-19(26-18)16-3-5-17(20)6-4-16/h3-6,14-15,25H,7-13H2,1-2H3. The zero-order valence-corrected chi connectivity index (χ0v) is 15.4. The number of β-amino-alcohol motifs (C(OH)–C–C–N with tert-alkyl or cyclic N) is 1. The van der Waals surface area contributed by atoms with E-state index in [1.165, 1.54) is 12.1 Å². The molecule has 0 spiro atoms. The Morgan fingerprint density at radius 2 is 1.96 bits per heavy atom. The van der Waals surface area contributed by atoms with E-state index >= 15 is 0 Å². The number of nitrogens with zero attached hydrogens (tertiary/aromatic N) is 4. The van der Waals surface area contributed by atoms with E-state index in [-0.39, 0.29) is 11.9 Å². The molecular formula is C19H27FN4O2. The molecule has 1 aliphatic rings. The molecule has 1 aliphatic heterocycles. The van der Waals surface area contributed by atoms with Gasteiger partial charge in [0.25, 0.3) is 0 Å². The third-order valence-corrected chi connectivity index (χ3v) is 4.76. The highest BCUT2D eigenvalue weighted by Crippen LogP contribution is 2.21. The van der Waals surface area contributed by atoms with Gasteiger partial charge in [-0.2, -0.15) is 0 Å². The first-order chi connectivity index (χ1) is 12.5. The second kappa shape index (κ2) is 8.70. The van der Waals surface area contributed by atoms with Crippen LogP contribution in [0.4, 0.5) is 4.39 Å². The first-order valence-electron chi connectivity index (χ1n) is 9.17. The van der Waals surface area contributed by atoms with E-state index in [0.29, 0.717) is 24.2 Å². The highest BCUT2D eigenvalue weighted by molar-refractivity contribution is 5.51. The molecule has 142 valence electrons. The van der Waals surface area contributed by atoms with Gasteiger partial charge in [-0.25, -0.2) is 4.39 Å². The van der Waals surface area contributed by atoms with Gasteiger partial charge in [0.1, 0.15) is 5.82 Å². The van der Waals surface area contributed by atoms with Gasteiger partial charge in [-0.1, -0.05) is 0 Å². The van der Waals surface area contributed by atoms with Gasteiger partial charge >= 0.3 is 0 Å². The predicted molar refractivity (Wildman–Crippen MR) is 96.9 cm³/mol. The van der Waals surface area contributed by atoms with Crippen molar-refractivity contribution in [2.45, 2.75) is 32.4 Å². The van der Waals surface area contributed by atoms with E-state index in [0.717, 1.165) is 44.6 Å². The fourth-order valence-corrected chi connectivity index (χ4v) is 3.49. The Kier molecular flexibility index (Phi) is 6.34. The summed E-state index contributed by atoms with van der Waals surface area (Å²) in [6.07, 6.45) is 2.02. The van der Waals surface area contributed by atoms with E-state index in [2.05, 4.69) is 27.0 Å². The molecule has 0 saturated carbocycles. The predicted octanol–water partition coefficient (Wildman–Crippen LogP) is 2.40. The Hall–Kier alpha value is -1.83. The Morgan fingerprint density at radius 3 is 2.62 bits per heavy atom. The molecule has 0 aliphatic carbocycles. The second-order valence-electron chi connectivity index (χ2n) is 7.30. The van der Waals surface area contributed by atoms with Gasteiger partial charge < -0.3 is 14.4 Å². The minimum absolute atomic E-state index is 0.262. The summed E-state index contributed by atoms with van der Waals surface area (Å²) in [5.74, 6) is 1.34. The quantitative estimate of drug-likeness (QED) is 0.816. The smallest absolute Gasteiger partial charge is 0.247 e. The molecule has 2 aromatic rings. The molecule has 7 heteroatoms. The van der Waals surface area contributed by atoms with Crippen molar-refractivity contribution < 1.29 is 13.9 Å². The fraction of sp³-hybridized carbons (Fsp3) is 0.579. The molecule has 1 atom stereocenters. The highest BCUT2D eigenvalue weighted by Gasteiger charge is 2.21. The third-order valence-electron chi connectivity index (χ3n) is 4.76. The summed E-state index contributed by atoms with van der Waals surface area (Å²) in [5.41, 5.74) is 0.721. The molecule has 1 aromatic carbocycles. The fourth-order valence-electron chi connectivity index (χ4n) is 3.49. The number of halogens is 1. The lowest BCUT2D eigenvalue weighted by Gasteiger charge is -2.34. The topological polar surface area (TPSA) is 65.6 Å². The summed E-state index contributed by atoms with van der Waals surface area (Å²) in [7, 11) is 2.06. The summed E-state index contributed by atoms with van der Waals surface area (Å²) in [4.78, 5) is 4.53. The van der Waals surface area contributed by atoms with Crippen LogP contribution in [-0.4, -0.2) is 64.4 Å². The van der Waals surface area contributed by atoms with Gasteiger partial charge in [-0.05, 0) is 70.1 Å². The number of rotatable bonds is 7. The monoisotopic (exact) mass is 362 g/mol. The molecule has 26 heavy (non-hydrogen) atoms. The molecule has 1 saturated heterocycles. The molecule has 0 radical (unpaired) electrons. The van der Waals surface area contributed by atoms with Gasteiger partial charge in [-0.3, -0.25) is 4.90 Å². The van der Waals surface area contributed by atoms with Crippen molar-refractivity contribution in [2.24, 2.45) is 5.92 Å². The van der Waals surface area contributed by atoms with Gasteiger partial charge in [-0.15, -0.1) is 10.2 Å². The van der Waals surface area contributed by atoms with E-state index < -0.39 is 0 Å². The minimum Gasteiger partial charge on any atom is -0.419 e. The SMILES string of the molecule is CC(O)CN1CCC(CN(C)Cc2nnc(-c3ccc(F)cc3)o2)CC1. The van der Waals surface area contributed by atoms with Gasteiger partial charge in [0.05, 0.1) is 12.6 Å². The largest absolute Gasteiger partial charge is 0.419 e. The number of piperidine rings is 1. The maximum Gasteiger partial charge on any atom is 0.247 e. The third kappa shape index (κ3) is 5.33. The Labute approximate surface area is 153 Å². The Balaban J connectivity index is 1.47. The summed E-state index contributed by atoms with van der Waals surface area (Å²) in [5, 5.41) is 17.6. The maximum atomic E-state index is 13.0. The Bertz CT molecular complexity index is 681. The van der Waals surface area contributed by atoms with Crippen molar-refractivity contribution >= 4 is 0 Å². The van der Waals surface area contributed by atoms with E-state index in [4.69, 9.17) is 4.42 Å². The lowest BCUT2D eigenvalue weighted by atomic mass is 9.96. The molecular weight excluding hydrogens is 335 g/mol. The van der Waals surface area contributed by atoms with E-state index in [1.807, 2.05) is 6.92 Å². The normalized spacial score (nSPS) is 17.7. The lowest BCUT2D eigenvalue weighted by Crippen LogP contribution is -2.40. The van der Waals surface area contributed by atoms with Crippen molar-refractivity contribution in [3.8, 4) is 11.5 Å². The van der Waals surface area contributed by atoms with Crippen LogP contribution in [0, 0.1) is 11.7 Å². The van der Waals surface area contributed by atoms with E-state index in [9.17, 15) is 9.50 Å². The van der Waals surface area contributed by atoms with Crippen LogP contribution in [0.25, 0.3) is 11.5 Å².